The first-order valence-corrected chi connectivity index (χ1v) is 13.1. The third-order valence-corrected chi connectivity index (χ3v) is 8.07. The molecule has 186 valence electrons. The van der Waals surface area contributed by atoms with Gasteiger partial charge in [0, 0.05) is 66.0 Å². The molecule has 3 aliphatic rings. The van der Waals surface area contributed by atoms with Crippen LogP contribution in [0, 0.1) is 0 Å². The Morgan fingerprint density at radius 3 is 2.55 bits per heavy atom. The molecule has 0 saturated carbocycles. The third-order valence-electron chi connectivity index (χ3n) is 8.07. The van der Waals surface area contributed by atoms with Crippen LogP contribution in [0.2, 0.25) is 0 Å². The van der Waals surface area contributed by atoms with Crippen LogP contribution in [0.25, 0.3) is 50.2 Å². The van der Waals surface area contributed by atoms with Gasteiger partial charge in [0.05, 0.1) is 23.0 Å². The predicted molar refractivity (Wildman–Crippen MR) is 149 cm³/mol. The van der Waals surface area contributed by atoms with E-state index < -0.39 is 0 Å². The molecule has 0 amide bonds. The van der Waals surface area contributed by atoms with Crippen molar-refractivity contribution in [1.29, 1.82) is 0 Å². The number of H-pyrrole nitrogens is 1. The number of anilines is 1. The number of rotatable bonds is 4. The fourth-order valence-electron chi connectivity index (χ4n) is 6.16. The molecule has 2 aromatic carbocycles. The lowest BCUT2D eigenvalue weighted by molar-refractivity contribution is 0.290. The highest BCUT2D eigenvalue weighted by molar-refractivity contribution is 6.02. The first kappa shape index (κ1) is 21.5. The molecule has 3 saturated heterocycles. The summed E-state index contributed by atoms with van der Waals surface area (Å²) in [6, 6.07) is 22.3. The van der Waals surface area contributed by atoms with Crippen LogP contribution < -0.4 is 10.2 Å². The highest BCUT2D eigenvalue weighted by Crippen LogP contribution is 2.39. The Bertz CT molecular complexity index is 1760. The van der Waals surface area contributed by atoms with Crippen LogP contribution in [0.5, 0.6) is 0 Å². The van der Waals surface area contributed by atoms with Crippen molar-refractivity contribution in [2.75, 3.05) is 18.0 Å². The van der Waals surface area contributed by atoms with Gasteiger partial charge in [0.25, 0.3) is 0 Å². The molecule has 38 heavy (non-hydrogen) atoms. The van der Waals surface area contributed by atoms with E-state index in [1.165, 1.54) is 18.5 Å². The second kappa shape index (κ2) is 8.49. The molecule has 8 heteroatoms. The number of nitrogens with zero attached hydrogens (tertiary/aromatic N) is 6. The summed E-state index contributed by atoms with van der Waals surface area (Å²) in [5, 5.41) is 17.2. The summed E-state index contributed by atoms with van der Waals surface area (Å²) in [5.74, 6) is 0. The molecule has 2 atom stereocenters. The average Bonchev–Trinajstić information content (AvgIpc) is 3.63. The standard InChI is InChI=1S/C30H26N8/c1-2-24(25-17-34-35-26(25)3-1)28-29(20-10-13-31-14-11-20)36-38-27(12-15-32-30(28)38)19-4-7-22(8-5-19)37-18-21-6-9-23(37)16-33-21/h1-5,7-8,10-15,17,21,23,33H,6,9,16,18H2,(H,34,35)/t21-,23-/m0/s1. The van der Waals surface area contributed by atoms with E-state index in [1.54, 1.807) is 12.4 Å². The van der Waals surface area contributed by atoms with Crippen LogP contribution in [0.3, 0.4) is 0 Å². The lowest BCUT2D eigenvalue weighted by Gasteiger charge is -2.47. The lowest BCUT2D eigenvalue weighted by atomic mass is 9.92. The predicted octanol–water partition coefficient (Wildman–Crippen LogP) is 4.94. The minimum Gasteiger partial charge on any atom is -0.366 e. The van der Waals surface area contributed by atoms with Gasteiger partial charge in [0.1, 0.15) is 5.69 Å². The van der Waals surface area contributed by atoms with E-state index in [4.69, 9.17) is 10.1 Å². The molecule has 0 spiro atoms. The fourth-order valence-corrected chi connectivity index (χ4v) is 6.16. The second-order valence-electron chi connectivity index (χ2n) is 10.2. The fraction of sp³-hybridized carbons (Fsp3) is 0.200. The molecule has 7 heterocycles. The number of aromatic amines is 1. The molecule has 3 aliphatic heterocycles. The van der Waals surface area contributed by atoms with Gasteiger partial charge in [-0.15, -0.1) is 0 Å². The number of nitrogens with one attached hydrogen (secondary N) is 2. The Morgan fingerprint density at radius 1 is 0.868 bits per heavy atom. The third kappa shape index (κ3) is 3.34. The van der Waals surface area contributed by atoms with Crippen LogP contribution in [0.4, 0.5) is 5.69 Å². The van der Waals surface area contributed by atoms with Gasteiger partial charge in [-0.25, -0.2) is 9.50 Å². The monoisotopic (exact) mass is 498 g/mol. The maximum absolute atomic E-state index is 5.15. The summed E-state index contributed by atoms with van der Waals surface area (Å²) in [6.45, 7) is 2.16. The van der Waals surface area contributed by atoms with E-state index in [9.17, 15) is 0 Å². The van der Waals surface area contributed by atoms with Crippen molar-refractivity contribution >= 4 is 22.2 Å². The quantitative estimate of drug-likeness (QED) is 0.358. The summed E-state index contributed by atoms with van der Waals surface area (Å²) < 4.78 is 1.98. The number of fused-ring (bicyclic) bond motifs is 5. The molecule has 0 unspecified atom stereocenters. The molecule has 2 bridgehead atoms. The zero-order valence-electron chi connectivity index (χ0n) is 20.7. The van der Waals surface area contributed by atoms with E-state index in [-0.39, 0.29) is 0 Å². The Kier molecular flexibility index (Phi) is 4.81. The molecule has 0 radical (unpaired) electrons. The van der Waals surface area contributed by atoms with Crippen LogP contribution in [0.1, 0.15) is 12.8 Å². The SMILES string of the molecule is c1cc(-c2c(-c3ccncc3)nn3c(-c4ccc(N5C[C@@H]6CC[C@H]5CN6)cc4)ccnc23)c2cn[nH]c2c1. The number of piperidine rings is 2. The lowest BCUT2D eigenvalue weighted by Crippen LogP contribution is -2.61. The van der Waals surface area contributed by atoms with Gasteiger partial charge in [-0.3, -0.25) is 10.1 Å². The van der Waals surface area contributed by atoms with Gasteiger partial charge in [-0.2, -0.15) is 10.2 Å². The van der Waals surface area contributed by atoms with E-state index >= 15 is 0 Å². The van der Waals surface area contributed by atoms with Crippen LogP contribution in [-0.2, 0) is 0 Å². The maximum atomic E-state index is 5.15. The maximum Gasteiger partial charge on any atom is 0.164 e. The molecular formula is C30H26N8. The average molecular weight is 499 g/mol. The van der Waals surface area contributed by atoms with Crippen molar-refractivity contribution in [3.8, 4) is 33.6 Å². The summed E-state index contributed by atoms with van der Waals surface area (Å²) >= 11 is 0. The molecule has 4 aromatic heterocycles. The zero-order chi connectivity index (χ0) is 25.1. The highest BCUT2D eigenvalue weighted by atomic mass is 15.3. The number of aromatic nitrogens is 6. The summed E-state index contributed by atoms with van der Waals surface area (Å²) in [7, 11) is 0. The van der Waals surface area contributed by atoms with Crippen LogP contribution in [0.15, 0.2) is 85.5 Å². The summed E-state index contributed by atoms with van der Waals surface area (Å²) in [4.78, 5) is 11.6. The first-order valence-electron chi connectivity index (χ1n) is 13.1. The summed E-state index contributed by atoms with van der Waals surface area (Å²) in [5.41, 5.74) is 9.10. The van der Waals surface area contributed by atoms with Crippen LogP contribution >= 0.6 is 0 Å². The van der Waals surface area contributed by atoms with Crippen molar-refractivity contribution in [3.63, 3.8) is 0 Å². The Morgan fingerprint density at radius 2 is 1.76 bits per heavy atom. The minimum absolute atomic E-state index is 0.584. The molecule has 0 aliphatic carbocycles. The molecule has 2 N–H and O–H groups in total. The van der Waals surface area contributed by atoms with Gasteiger partial charge in [0.2, 0.25) is 0 Å². The second-order valence-corrected chi connectivity index (χ2v) is 10.2. The van der Waals surface area contributed by atoms with E-state index in [0.717, 1.165) is 63.3 Å². The summed E-state index contributed by atoms with van der Waals surface area (Å²) in [6.07, 6.45) is 9.90. The van der Waals surface area contributed by atoms with E-state index in [2.05, 4.69) is 55.7 Å². The van der Waals surface area contributed by atoms with E-state index in [0.29, 0.717) is 12.1 Å². The van der Waals surface area contributed by atoms with Crippen molar-refractivity contribution in [2.24, 2.45) is 0 Å². The number of hydrogen-bond donors (Lipinski definition) is 2. The minimum atomic E-state index is 0.584. The molecule has 6 aromatic rings. The highest BCUT2D eigenvalue weighted by Gasteiger charge is 2.33. The largest absolute Gasteiger partial charge is 0.366 e. The van der Waals surface area contributed by atoms with Crippen LogP contribution in [-0.4, -0.2) is 55.0 Å². The van der Waals surface area contributed by atoms with Crippen molar-refractivity contribution < 1.29 is 0 Å². The van der Waals surface area contributed by atoms with Gasteiger partial charge < -0.3 is 10.2 Å². The Hall–Kier alpha value is -4.56. The number of piperazine rings is 1. The molecule has 9 rings (SSSR count). The molecule has 8 nitrogen and oxygen atoms in total. The van der Waals surface area contributed by atoms with Crippen molar-refractivity contribution in [1.82, 2.24) is 35.1 Å². The normalized spacial score (nSPS) is 19.0. The van der Waals surface area contributed by atoms with Gasteiger partial charge >= 0.3 is 0 Å². The number of benzene rings is 2. The topological polar surface area (TPSA) is 87.0 Å². The van der Waals surface area contributed by atoms with Crippen molar-refractivity contribution in [2.45, 2.75) is 24.9 Å². The van der Waals surface area contributed by atoms with Gasteiger partial charge in [-0.05, 0) is 54.8 Å². The molecule has 3 fully saturated rings. The number of pyridine rings is 1. The smallest absolute Gasteiger partial charge is 0.164 e. The van der Waals surface area contributed by atoms with E-state index in [1.807, 2.05) is 47.2 Å². The van der Waals surface area contributed by atoms with Gasteiger partial charge in [0.15, 0.2) is 5.65 Å². The Balaban J connectivity index is 1.29. The van der Waals surface area contributed by atoms with Crippen molar-refractivity contribution in [3.05, 3.63) is 85.5 Å². The number of hydrogen-bond acceptors (Lipinski definition) is 6. The Labute approximate surface area is 219 Å². The molecular weight excluding hydrogens is 472 g/mol. The zero-order valence-corrected chi connectivity index (χ0v) is 20.7. The first-order chi connectivity index (χ1) is 18.8. The van der Waals surface area contributed by atoms with Gasteiger partial charge in [-0.1, -0.05) is 24.3 Å².